The summed E-state index contributed by atoms with van der Waals surface area (Å²) in [6.45, 7) is 0. The first-order chi connectivity index (χ1) is 5.47. The molecular weight excluding hydrogens is 154 g/mol. The first-order valence-corrected chi connectivity index (χ1v) is 4.16. The monoisotopic (exact) mass is 160 g/mol. The van der Waals surface area contributed by atoms with Gasteiger partial charge in [0.1, 0.15) is 0 Å². The van der Waals surface area contributed by atoms with Gasteiger partial charge in [-0.15, -0.1) is 11.3 Å². The minimum atomic E-state index is 1.03. The number of thiophene rings is 1. The molecule has 11 heavy (non-hydrogen) atoms. The third-order valence-electron chi connectivity index (χ3n) is 1.39. The number of rotatable bonds is 1. The fourth-order valence-corrected chi connectivity index (χ4v) is 1.51. The summed E-state index contributed by atoms with van der Waals surface area (Å²) in [4.78, 5) is 5.38. The molecule has 2 rings (SSSR count). The van der Waals surface area contributed by atoms with Crippen LogP contribution in [-0.4, -0.2) is 4.98 Å². The maximum Gasteiger partial charge on any atom is 0.0801 e. The minimum absolute atomic E-state index is 1.03. The molecule has 0 bridgehead atoms. The summed E-state index contributed by atoms with van der Waals surface area (Å²) in [5.74, 6) is 0. The maximum atomic E-state index is 4.21. The van der Waals surface area contributed by atoms with Crippen LogP contribution >= 0.6 is 11.3 Å². The second-order valence-electron chi connectivity index (χ2n) is 2.13. The summed E-state index contributed by atoms with van der Waals surface area (Å²) >= 11 is 1.59. The molecule has 0 unspecified atom stereocenters. The van der Waals surface area contributed by atoms with Gasteiger partial charge >= 0.3 is 0 Å². The Labute approximate surface area is 69.3 Å². The molecule has 0 spiro atoms. The lowest BCUT2D eigenvalue weighted by atomic mass is 10.3. The average Bonchev–Trinajstić information content (AvgIpc) is 2.58. The van der Waals surface area contributed by atoms with Gasteiger partial charge in [0.15, 0.2) is 0 Å². The van der Waals surface area contributed by atoms with Crippen molar-refractivity contribution in [1.82, 2.24) is 4.98 Å². The summed E-state index contributed by atoms with van der Waals surface area (Å²) in [5, 5.41) is 3.03. The second kappa shape index (κ2) is 2.84. The summed E-state index contributed by atoms with van der Waals surface area (Å²) < 4.78 is 0. The van der Waals surface area contributed by atoms with Gasteiger partial charge in [-0.25, -0.2) is 0 Å². The Balaban J connectivity index is 2.46. The number of pyridine rings is 1. The highest BCUT2D eigenvalue weighted by atomic mass is 32.1. The zero-order valence-corrected chi connectivity index (χ0v) is 6.64. The number of aromatic nitrogens is 1. The maximum absolute atomic E-state index is 4.21. The molecule has 0 aliphatic carbocycles. The molecule has 0 aliphatic rings. The second-order valence-corrected chi connectivity index (χ2v) is 3.01. The molecule has 0 fully saturated rings. The first-order valence-electron chi connectivity index (χ1n) is 3.34. The van der Waals surface area contributed by atoms with Crippen LogP contribution in [0.25, 0.3) is 10.6 Å². The van der Waals surface area contributed by atoms with E-state index in [-0.39, 0.29) is 0 Å². The van der Waals surface area contributed by atoms with Gasteiger partial charge in [-0.2, -0.15) is 0 Å². The van der Waals surface area contributed by atoms with Crippen molar-refractivity contribution in [2.24, 2.45) is 0 Å². The predicted octanol–water partition coefficient (Wildman–Crippen LogP) is 2.61. The molecule has 1 radical (unpaired) electrons. The van der Waals surface area contributed by atoms with E-state index in [1.807, 2.05) is 30.3 Å². The molecule has 2 heterocycles. The molecule has 0 amide bonds. The first kappa shape index (κ1) is 6.55. The Hall–Kier alpha value is -1.15. The van der Waals surface area contributed by atoms with E-state index in [9.17, 15) is 0 Å². The Morgan fingerprint density at radius 3 is 2.91 bits per heavy atom. The van der Waals surface area contributed by atoms with E-state index in [2.05, 4.69) is 10.4 Å². The Morgan fingerprint density at radius 1 is 1.27 bits per heavy atom. The summed E-state index contributed by atoms with van der Waals surface area (Å²) in [6.07, 6.45) is 1.80. The summed E-state index contributed by atoms with van der Waals surface area (Å²) in [5.41, 5.74) is 1.03. The number of nitrogens with zero attached hydrogens (tertiary/aromatic N) is 1. The van der Waals surface area contributed by atoms with Crippen LogP contribution < -0.4 is 0 Å². The number of hydrogen-bond donors (Lipinski definition) is 0. The zero-order chi connectivity index (χ0) is 7.52. The fraction of sp³-hybridized carbons (Fsp3) is 0. The highest BCUT2D eigenvalue weighted by Gasteiger charge is 1.96. The van der Waals surface area contributed by atoms with Crippen molar-refractivity contribution in [2.75, 3.05) is 0 Å². The van der Waals surface area contributed by atoms with Crippen LogP contribution in [0.5, 0.6) is 0 Å². The average molecular weight is 160 g/mol. The van der Waals surface area contributed by atoms with Gasteiger partial charge in [0.05, 0.1) is 10.6 Å². The van der Waals surface area contributed by atoms with E-state index in [0.29, 0.717) is 0 Å². The zero-order valence-electron chi connectivity index (χ0n) is 5.82. The molecule has 2 aromatic heterocycles. The van der Waals surface area contributed by atoms with E-state index < -0.39 is 0 Å². The molecule has 1 nitrogen and oxygen atoms in total. The normalized spacial score (nSPS) is 9.82. The van der Waals surface area contributed by atoms with E-state index in [4.69, 9.17) is 0 Å². The quantitative estimate of drug-likeness (QED) is 0.625. The number of hydrogen-bond acceptors (Lipinski definition) is 2. The lowest BCUT2D eigenvalue weighted by molar-refractivity contribution is 1.34. The van der Waals surface area contributed by atoms with Crippen molar-refractivity contribution >= 4 is 11.3 Å². The van der Waals surface area contributed by atoms with Gasteiger partial charge < -0.3 is 0 Å². The fourth-order valence-electron chi connectivity index (χ4n) is 0.887. The van der Waals surface area contributed by atoms with E-state index in [1.165, 1.54) is 4.88 Å². The highest BCUT2D eigenvalue weighted by molar-refractivity contribution is 7.13. The Morgan fingerprint density at radius 2 is 2.27 bits per heavy atom. The molecule has 0 N–H and O–H groups in total. The Kier molecular flexibility index (Phi) is 1.69. The molecule has 53 valence electrons. The third-order valence-corrected chi connectivity index (χ3v) is 2.21. The summed E-state index contributed by atoms with van der Waals surface area (Å²) in [7, 11) is 0. The van der Waals surface area contributed by atoms with Crippen molar-refractivity contribution in [3.8, 4) is 10.6 Å². The molecular formula is C9H6NS. The summed E-state index contributed by atoms with van der Waals surface area (Å²) in [6, 6.07) is 9.84. The van der Waals surface area contributed by atoms with E-state index >= 15 is 0 Å². The van der Waals surface area contributed by atoms with Crippen molar-refractivity contribution in [1.29, 1.82) is 0 Å². The Bertz CT molecular complexity index is 313. The molecule has 0 saturated carbocycles. The van der Waals surface area contributed by atoms with Gasteiger partial charge in [-0.05, 0) is 24.3 Å². The van der Waals surface area contributed by atoms with Crippen molar-refractivity contribution < 1.29 is 0 Å². The lowest BCUT2D eigenvalue weighted by Gasteiger charge is -1.91. The van der Waals surface area contributed by atoms with Gasteiger partial charge in [0.25, 0.3) is 0 Å². The van der Waals surface area contributed by atoms with Crippen LogP contribution in [0, 0.1) is 5.38 Å². The standard InChI is InChI=1S/C9H6NS/c1-2-6-10-8(4-1)9-5-3-7-11-9/h1-6H. The lowest BCUT2D eigenvalue weighted by Crippen LogP contribution is -1.75. The molecule has 0 aliphatic heterocycles. The smallest absolute Gasteiger partial charge is 0.0801 e. The molecule has 2 aromatic rings. The molecule has 0 saturated heterocycles. The van der Waals surface area contributed by atoms with Crippen LogP contribution in [0.2, 0.25) is 0 Å². The van der Waals surface area contributed by atoms with Crippen molar-refractivity contribution in [3.63, 3.8) is 0 Å². The SMILES string of the molecule is [c]1ccc(-c2ccccn2)s1. The molecule has 0 aromatic carbocycles. The van der Waals surface area contributed by atoms with Crippen molar-refractivity contribution in [2.45, 2.75) is 0 Å². The van der Waals surface area contributed by atoms with Gasteiger partial charge in [0, 0.05) is 11.6 Å². The van der Waals surface area contributed by atoms with Crippen LogP contribution in [0.3, 0.4) is 0 Å². The minimum Gasteiger partial charge on any atom is -0.255 e. The van der Waals surface area contributed by atoms with Crippen LogP contribution in [0.1, 0.15) is 0 Å². The van der Waals surface area contributed by atoms with Crippen LogP contribution in [-0.2, 0) is 0 Å². The highest BCUT2D eigenvalue weighted by Crippen LogP contribution is 2.20. The largest absolute Gasteiger partial charge is 0.255 e. The molecule has 2 heteroatoms. The van der Waals surface area contributed by atoms with Crippen LogP contribution in [0.15, 0.2) is 36.5 Å². The van der Waals surface area contributed by atoms with Crippen LogP contribution in [0.4, 0.5) is 0 Å². The van der Waals surface area contributed by atoms with Gasteiger partial charge in [-0.3, -0.25) is 4.98 Å². The molecule has 0 atom stereocenters. The van der Waals surface area contributed by atoms with E-state index in [1.54, 1.807) is 17.5 Å². The topological polar surface area (TPSA) is 12.9 Å². The van der Waals surface area contributed by atoms with Gasteiger partial charge in [0.2, 0.25) is 0 Å². The van der Waals surface area contributed by atoms with Gasteiger partial charge in [-0.1, -0.05) is 6.07 Å². The third kappa shape index (κ3) is 1.30. The van der Waals surface area contributed by atoms with E-state index in [0.717, 1.165) is 5.69 Å². The van der Waals surface area contributed by atoms with Crippen molar-refractivity contribution in [3.05, 3.63) is 41.9 Å². The predicted molar refractivity (Wildman–Crippen MR) is 46.4 cm³/mol.